The lowest BCUT2D eigenvalue weighted by molar-refractivity contribution is 0.549. The Hall–Kier alpha value is -0.190. The summed E-state index contributed by atoms with van der Waals surface area (Å²) < 4.78 is 1.76. The summed E-state index contributed by atoms with van der Waals surface area (Å²) in [5.74, 6) is 1.11. The van der Waals surface area contributed by atoms with E-state index in [4.69, 9.17) is 11.6 Å². The van der Waals surface area contributed by atoms with Crippen molar-refractivity contribution in [2.45, 2.75) is 51.8 Å². The molecule has 0 aromatic carbocycles. The number of nitrogens with zero attached hydrogens (tertiary/aromatic N) is 2. The first-order chi connectivity index (χ1) is 8.95. The van der Waals surface area contributed by atoms with Crippen molar-refractivity contribution < 1.29 is 0 Å². The van der Waals surface area contributed by atoms with E-state index in [1.165, 1.54) is 5.56 Å². The van der Waals surface area contributed by atoms with Crippen LogP contribution >= 0.6 is 23.4 Å². The Morgan fingerprint density at radius 1 is 1.42 bits per heavy atom. The maximum Gasteiger partial charge on any atom is 0.130 e. The molecule has 1 aromatic heterocycles. The van der Waals surface area contributed by atoms with Crippen LogP contribution in [0.5, 0.6) is 0 Å². The summed E-state index contributed by atoms with van der Waals surface area (Å²) in [6.07, 6.45) is 2.11. The highest BCUT2D eigenvalue weighted by Gasteiger charge is 2.17. The van der Waals surface area contributed by atoms with E-state index >= 15 is 0 Å². The summed E-state index contributed by atoms with van der Waals surface area (Å²) in [6.45, 7) is 9.77. The number of aryl methyl sites for hydroxylation is 2. The predicted octanol–water partition coefficient (Wildman–Crippen LogP) is 3.43. The Kier molecular flexibility index (Phi) is 7.26. The zero-order chi connectivity index (χ0) is 14.4. The second-order valence-electron chi connectivity index (χ2n) is 5.22. The largest absolute Gasteiger partial charge is 0.313 e. The van der Waals surface area contributed by atoms with Crippen molar-refractivity contribution in [2.75, 3.05) is 12.3 Å². The molecule has 0 bridgehead atoms. The van der Waals surface area contributed by atoms with Crippen LogP contribution in [0.3, 0.4) is 0 Å². The normalized spacial score (nSPS) is 13.2. The second kappa shape index (κ2) is 8.18. The number of aromatic nitrogens is 2. The van der Waals surface area contributed by atoms with Crippen LogP contribution in [0.1, 0.15) is 38.4 Å². The molecule has 0 saturated carbocycles. The number of thioether (sulfide) groups is 1. The van der Waals surface area contributed by atoms with Crippen molar-refractivity contribution in [2.24, 2.45) is 7.05 Å². The van der Waals surface area contributed by atoms with E-state index in [0.29, 0.717) is 11.3 Å². The van der Waals surface area contributed by atoms with E-state index in [2.05, 4.69) is 31.2 Å². The van der Waals surface area contributed by atoms with Crippen molar-refractivity contribution in [3.63, 3.8) is 0 Å². The molecule has 0 fully saturated rings. The van der Waals surface area contributed by atoms with Gasteiger partial charge in [-0.3, -0.25) is 4.68 Å². The van der Waals surface area contributed by atoms with Crippen LogP contribution in [0.25, 0.3) is 0 Å². The fourth-order valence-corrected chi connectivity index (χ4v) is 3.10. The third kappa shape index (κ3) is 5.36. The molecule has 110 valence electrons. The van der Waals surface area contributed by atoms with Gasteiger partial charge in [0.25, 0.3) is 0 Å². The van der Waals surface area contributed by atoms with Gasteiger partial charge in [-0.25, -0.2) is 0 Å². The lowest BCUT2D eigenvalue weighted by Gasteiger charge is -2.19. The fourth-order valence-electron chi connectivity index (χ4n) is 2.00. The summed E-state index contributed by atoms with van der Waals surface area (Å²) in [5.41, 5.74) is 2.23. The molecular formula is C14H26ClN3S. The van der Waals surface area contributed by atoms with Gasteiger partial charge in [-0.05, 0) is 31.6 Å². The van der Waals surface area contributed by atoms with Gasteiger partial charge in [-0.1, -0.05) is 32.4 Å². The quantitative estimate of drug-likeness (QED) is 0.798. The van der Waals surface area contributed by atoms with Crippen LogP contribution in [0, 0.1) is 6.92 Å². The van der Waals surface area contributed by atoms with Gasteiger partial charge in [0.05, 0.1) is 5.69 Å². The van der Waals surface area contributed by atoms with Gasteiger partial charge in [0.1, 0.15) is 5.15 Å². The van der Waals surface area contributed by atoms with E-state index in [9.17, 15) is 0 Å². The van der Waals surface area contributed by atoms with Crippen molar-refractivity contribution in [3.05, 3.63) is 16.4 Å². The van der Waals surface area contributed by atoms with Crippen LogP contribution in [0.4, 0.5) is 0 Å². The number of hydrogen-bond acceptors (Lipinski definition) is 3. The molecule has 5 heteroatoms. The SMILES string of the molecule is CCCNC(CSC(C)C)Cc1c(C)nn(C)c1Cl. The molecule has 3 nitrogen and oxygen atoms in total. The zero-order valence-electron chi connectivity index (χ0n) is 12.7. The second-order valence-corrected chi connectivity index (χ2v) is 7.18. The Morgan fingerprint density at radius 3 is 2.58 bits per heavy atom. The minimum atomic E-state index is 0.466. The maximum atomic E-state index is 6.32. The van der Waals surface area contributed by atoms with Gasteiger partial charge in [0.2, 0.25) is 0 Å². The van der Waals surface area contributed by atoms with E-state index in [-0.39, 0.29) is 0 Å². The Balaban J connectivity index is 2.69. The van der Waals surface area contributed by atoms with Gasteiger partial charge >= 0.3 is 0 Å². The van der Waals surface area contributed by atoms with Crippen molar-refractivity contribution in [3.8, 4) is 0 Å². The number of hydrogen-bond donors (Lipinski definition) is 1. The molecule has 1 atom stereocenters. The molecule has 0 aliphatic rings. The first-order valence-corrected chi connectivity index (χ1v) is 8.41. The smallest absolute Gasteiger partial charge is 0.130 e. The van der Waals surface area contributed by atoms with Crippen molar-refractivity contribution in [1.29, 1.82) is 0 Å². The van der Waals surface area contributed by atoms with Crippen molar-refractivity contribution in [1.82, 2.24) is 15.1 Å². The molecule has 1 aromatic rings. The molecule has 0 radical (unpaired) electrons. The van der Waals surface area contributed by atoms with Crippen LogP contribution in [0.15, 0.2) is 0 Å². The van der Waals surface area contributed by atoms with Crippen LogP contribution < -0.4 is 5.32 Å². The minimum absolute atomic E-state index is 0.466. The molecule has 0 spiro atoms. The molecule has 19 heavy (non-hydrogen) atoms. The molecule has 0 amide bonds. The maximum absolute atomic E-state index is 6.32. The highest BCUT2D eigenvalue weighted by Crippen LogP contribution is 2.22. The standard InChI is InChI=1S/C14H26ClN3S/c1-6-7-16-12(9-19-10(2)3)8-13-11(4)17-18(5)14(13)15/h10,12,16H,6-9H2,1-5H3. The van der Waals surface area contributed by atoms with Crippen LogP contribution in [-0.2, 0) is 13.5 Å². The number of halogens is 1. The van der Waals surface area contributed by atoms with Gasteiger partial charge in [-0.15, -0.1) is 0 Å². The third-order valence-corrected chi connectivity index (χ3v) is 4.77. The summed E-state index contributed by atoms with van der Waals surface area (Å²) >= 11 is 8.32. The summed E-state index contributed by atoms with van der Waals surface area (Å²) in [7, 11) is 1.90. The summed E-state index contributed by atoms with van der Waals surface area (Å²) in [5, 5.41) is 9.45. The Morgan fingerprint density at radius 2 is 2.11 bits per heavy atom. The van der Waals surface area contributed by atoms with Gasteiger partial charge < -0.3 is 5.32 Å². The average molecular weight is 304 g/mol. The monoisotopic (exact) mass is 303 g/mol. The lowest BCUT2D eigenvalue weighted by Crippen LogP contribution is -2.34. The molecule has 1 heterocycles. The minimum Gasteiger partial charge on any atom is -0.313 e. The topological polar surface area (TPSA) is 29.9 Å². The molecule has 1 unspecified atom stereocenters. The summed E-state index contributed by atoms with van der Waals surface area (Å²) in [4.78, 5) is 0. The van der Waals surface area contributed by atoms with Crippen LogP contribution in [0.2, 0.25) is 5.15 Å². The molecule has 0 aliphatic carbocycles. The first-order valence-electron chi connectivity index (χ1n) is 6.98. The van der Waals surface area contributed by atoms with E-state index in [0.717, 1.165) is 36.0 Å². The van der Waals surface area contributed by atoms with Crippen molar-refractivity contribution >= 4 is 23.4 Å². The number of nitrogens with one attached hydrogen (secondary N) is 1. The molecule has 0 aliphatic heterocycles. The average Bonchev–Trinajstić information content (AvgIpc) is 2.58. The van der Waals surface area contributed by atoms with Crippen LogP contribution in [-0.4, -0.2) is 33.4 Å². The molecular weight excluding hydrogens is 278 g/mol. The van der Waals surface area contributed by atoms with E-state index in [1.807, 2.05) is 25.7 Å². The fraction of sp³-hybridized carbons (Fsp3) is 0.786. The number of rotatable bonds is 8. The molecule has 1 N–H and O–H groups in total. The first kappa shape index (κ1) is 16.9. The highest BCUT2D eigenvalue weighted by atomic mass is 35.5. The molecule has 0 saturated heterocycles. The highest BCUT2D eigenvalue weighted by molar-refractivity contribution is 7.99. The van der Waals surface area contributed by atoms with E-state index in [1.54, 1.807) is 4.68 Å². The molecule has 1 rings (SSSR count). The lowest BCUT2D eigenvalue weighted by atomic mass is 10.1. The predicted molar refractivity (Wildman–Crippen MR) is 86.3 cm³/mol. The third-order valence-electron chi connectivity index (χ3n) is 3.03. The van der Waals surface area contributed by atoms with Gasteiger partial charge in [-0.2, -0.15) is 16.9 Å². The Labute approximate surface area is 126 Å². The zero-order valence-corrected chi connectivity index (χ0v) is 14.2. The Bertz CT molecular complexity index is 390. The van der Waals surface area contributed by atoms with Gasteiger partial charge in [0.15, 0.2) is 0 Å². The summed E-state index contributed by atoms with van der Waals surface area (Å²) in [6, 6.07) is 0.466. The van der Waals surface area contributed by atoms with E-state index < -0.39 is 0 Å². The van der Waals surface area contributed by atoms with Gasteiger partial charge in [0, 0.05) is 24.4 Å².